The summed E-state index contributed by atoms with van der Waals surface area (Å²) in [6.45, 7) is 4.98. The smallest absolute Gasteiger partial charge is 0.0978 e. The van der Waals surface area contributed by atoms with Crippen molar-refractivity contribution in [2.24, 2.45) is 0 Å². The van der Waals surface area contributed by atoms with Crippen LogP contribution in [0.1, 0.15) is 19.3 Å². The molecule has 0 N–H and O–H groups in total. The molecule has 18 heavy (non-hydrogen) atoms. The van der Waals surface area contributed by atoms with E-state index in [4.69, 9.17) is 19.5 Å². The van der Waals surface area contributed by atoms with Crippen LogP contribution in [0.4, 0.5) is 0 Å². The van der Waals surface area contributed by atoms with Gasteiger partial charge in [-0.25, -0.2) is 0 Å². The second-order valence-corrected chi connectivity index (χ2v) is 4.39. The summed E-state index contributed by atoms with van der Waals surface area (Å²) in [5, 5.41) is 9.02. The third kappa shape index (κ3) is 6.31. The van der Waals surface area contributed by atoms with Crippen molar-refractivity contribution < 1.29 is 14.2 Å². The first-order chi connectivity index (χ1) is 8.88. The zero-order chi connectivity index (χ0) is 13.1. The molecule has 1 heterocycles. The van der Waals surface area contributed by atoms with E-state index in [1.807, 2.05) is 0 Å². The van der Waals surface area contributed by atoms with Crippen LogP contribution in [0.15, 0.2) is 0 Å². The third-order valence-electron chi connectivity index (χ3n) is 3.09. The number of hydrogen-bond donors (Lipinski definition) is 0. The maximum atomic E-state index is 9.02. The number of rotatable bonds is 9. The van der Waals surface area contributed by atoms with Gasteiger partial charge in [-0.05, 0) is 25.8 Å². The summed E-state index contributed by atoms with van der Waals surface area (Å²) in [6.07, 6.45) is 3.36. The fourth-order valence-corrected chi connectivity index (χ4v) is 2.05. The molecule has 1 atom stereocenters. The van der Waals surface area contributed by atoms with Crippen molar-refractivity contribution in [3.8, 4) is 6.07 Å². The van der Waals surface area contributed by atoms with Crippen LogP contribution in [0.5, 0.6) is 0 Å². The number of nitrogens with zero attached hydrogens (tertiary/aromatic N) is 2. The maximum Gasteiger partial charge on any atom is 0.0978 e. The number of piperidine rings is 1. The Morgan fingerprint density at radius 1 is 1.11 bits per heavy atom. The Hall–Kier alpha value is -0.670. The minimum absolute atomic E-state index is 0.0836. The Morgan fingerprint density at radius 3 is 2.56 bits per heavy atom. The highest BCUT2D eigenvalue weighted by Gasteiger charge is 2.20. The molecule has 5 nitrogen and oxygen atoms in total. The molecule has 0 amide bonds. The molecule has 0 bridgehead atoms. The molecule has 1 rings (SSSR count). The second-order valence-electron chi connectivity index (χ2n) is 4.39. The summed E-state index contributed by atoms with van der Waals surface area (Å²) >= 11 is 0. The standard InChI is InChI=1S/C13H24N2O3/c1-16-8-9-18-11-10-17-7-6-15-5-3-2-4-13(15)12-14/h13H,2-11H2,1H3. The molecule has 0 aromatic rings. The highest BCUT2D eigenvalue weighted by molar-refractivity contribution is 4.93. The predicted octanol–water partition coefficient (Wildman–Crippen LogP) is 1.04. The van der Waals surface area contributed by atoms with E-state index in [-0.39, 0.29) is 6.04 Å². The molecule has 1 unspecified atom stereocenters. The first kappa shape index (κ1) is 15.4. The van der Waals surface area contributed by atoms with Gasteiger partial charge < -0.3 is 14.2 Å². The van der Waals surface area contributed by atoms with E-state index >= 15 is 0 Å². The first-order valence-electron chi connectivity index (χ1n) is 6.66. The normalized spacial score (nSPS) is 20.8. The summed E-state index contributed by atoms with van der Waals surface area (Å²) < 4.78 is 15.7. The number of methoxy groups -OCH3 is 1. The van der Waals surface area contributed by atoms with Crippen molar-refractivity contribution in [2.75, 3.05) is 53.2 Å². The van der Waals surface area contributed by atoms with Crippen LogP contribution in [0.3, 0.4) is 0 Å². The largest absolute Gasteiger partial charge is 0.382 e. The number of likely N-dealkylation sites (tertiary alicyclic amines) is 1. The van der Waals surface area contributed by atoms with E-state index in [1.165, 1.54) is 12.8 Å². The lowest BCUT2D eigenvalue weighted by molar-refractivity contribution is 0.0162. The zero-order valence-electron chi connectivity index (χ0n) is 11.3. The number of nitriles is 1. The summed E-state index contributed by atoms with van der Waals surface area (Å²) in [6, 6.07) is 2.44. The van der Waals surface area contributed by atoms with Crippen molar-refractivity contribution in [1.82, 2.24) is 4.90 Å². The van der Waals surface area contributed by atoms with Crippen molar-refractivity contribution in [2.45, 2.75) is 25.3 Å². The van der Waals surface area contributed by atoms with E-state index in [9.17, 15) is 0 Å². The van der Waals surface area contributed by atoms with E-state index in [2.05, 4.69) is 11.0 Å². The van der Waals surface area contributed by atoms with Gasteiger partial charge in [0.25, 0.3) is 0 Å². The molecule has 1 aliphatic heterocycles. The third-order valence-corrected chi connectivity index (χ3v) is 3.09. The van der Waals surface area contributed by atoms with Gasteiger partial charge in [0.05, 0.1) is 45.1 Å². The molecule has 1 saturated heterocycles. The van der Waals surface area contributed by atoms with Crippen molar-refractivity contribution in [1.29, 1.82) is 5.26 Å². The SMILES string of the molecule is COCCOCCOCCN1CCCCC1C#N. The van der Waals surface area contributed by atoms with Gasteiger partial charge in [0.1, 0.15) is 0 Å². The average Bonchev–Trinajstić information content (AvgIpc) is 2.42. The molecule has 0 aromatic heterocycles. The van der Waals surface area contributed by atoms with Gasteiger partial charge in [-0.15, -0.1) is 0 Å². The molecular formula is C13H24N2O3. The Morgan fingerprint density at radius 2 is 1.83 bits per heavy atom. The summed E-state index contributed by atoms with van der Waals surface area (Å²) in [4.78, 5) is 2.22. The van der Waals surface area contributed by atoms with Crippen molar-refractivity contribution >= 4 is 0 Å². The summed E-state index contributed by atoms with van der Waals surface area (Å²) in [5.41, 5.74) is 0. The molecular weight excluding hydrogens is 232 g/mol. The minimum atomic E-state index is 0.0836. The molecule has 0 spiro atoms. The first-order valence-corrected chi connectivity index (χ1v) is 6.66. The van der Waals surface area contributed by atoms with Crippen LogP contribution >= 0.6 is 0 Å². The molecule has 0 aliphatic carbocycles. The molecule has 1 fully saturated rings. The Balaban J connectivity index is 1.95. The van der Waals surface area contributed by atoms with Crippen molar-refractivity contribution in [3.63, 3.8) is 0 Å². The molecule has 0 radical (unpaired) electrons. The van der Waals surface area contributed by atoms with Gasteiger partial charge in [0.2, 0.25) is 0 Å². The predicted molar refractivity (Wildman–Crippen MR) is 68.3 cm³/mol. The number of hydrogen-bond acceptors (Lipinski definition) is 5. The van der Waals surface area contributed by atoms with Gasteiger partial charge >= 0.3 is 0 Å². The lowest BCUT2D eigenvalue weighted by Crippen LogP contribution is -2.40. The van der Waals surface area contributed by atoms with Crippen LogP contribution in [-0.2, 0) is 14.2 Å². The van der Waals surface area contributed by atoms with E-state index in [1.54, 1.807) is 7.11 Å². The molecule has 1 aliphatic rings. The molecule has 0 saturated carbocycles. The van der Waals surface area contributed by atoms with Crippen molar-refractivity contribution in [3.05, 3.63) is 0 Å². The fraction of sp³-hybridized carbons (Fsp3) is 0.923. The Labute approximate surface area is 110 Å². The van der Waals surface area contributed by atoms with Gasteiger partial charge in [0.15, 0.2) is 0 Å². The van der Waals surface area contributed by atoms with Crippen LogP contribution < -0.4 is 0 Å². The molecule has 104 valence electrons. The Kier molecular flexibility index (Phi) is 8.78. The summed E-state index contributed by atoms with van der Waals surface area (Å²) in [5.74, 6) is 0. The lowest BCUT2D eigenvalue weighted by atomic mass is 10.0. The monoisotopic (exact) mass is 256 g/mol. The van der Waals surface area contributed by atoms with Crippen LogP contribution in [-0.4, -0.2) is 64.2 Å². The lowest BCUT2D eigenvalue weighted by Gasteiger charge is -2.30. The number of ether oxygens (including phenoxy) is 3. The van der Waals surface area contributed by atoms with Gasteiger partial charge in [-0.1, -0.05) is 0 Å². The zero-order valence-corrected chi connectivity index (χ0v) is 11.3. The summed E-state index contributed by atoms with van der Waals surface area (Å²) in [7, 11) is 1.66. The van der Waals surface area contributed by atoms with E-state index in [0.717, 1.165) is 19.5 Å². The topological polar surface area (TPSA) is 54.7 Å². The average molecular weight is 256 g/mol. The van der Waals surface area contributed by atoms with Gasteiger partial charge in [-0.2, -0.15) is 5.26 Å². The molecule has 5 heteroatoms. The molecule has 0 aromatic carbocycles. The highest BCUT2D eigenvalue weighted by atomic mass is 16.5. The minimum Gasteiger partial charge on any atom is -0.382 e. The quantitative estimate of drug-likeness (QED) is 0.577. The Bertz CT molecular complexity index is 243. The van der Waals surface area contributed by atoms with E-state index < -0.39 is 0 Å². The maximum absolute atomic E-state index is 9.02. The van der Waals surface area contributed by atoms with Crippen LogP contribution in [0.25, 0.3) is 0 Å². The highest BCUT2D eigenvalue weighted by Crippen LogP contribution is 2.15. The fourth-order valence-electron chi connectivity index (χ4n) is 2.05. The van der Waals surface area contributed by atoms with Gasteiger partial charge in [0, 0.05) is 13.7 Å². The van der Waals surface area contributed by atoms with Crippen LogP contribution in [0.2, 0.25) is 0 Å². The van der Waals surface area contributed by atoms with Gasteiger partial charge in [-0.3, -0.25) is 4.90 Å². The second kappa shape index (κ2) is 10.3. The van der Waals surface area contributed by atoms with Crippen LogP contribution in [0, 0.1) is 11.3 Å². The van der Waals surface area contributed by atoms with E-state index in [0.29, 0.717) is 33.0 Å².